The van der Waals surface area contributed by atoms with Gasteiger partial charge in [-0.3, -0.25) is 4.79 Å². The van der Waals surface area contributed by atoms with Crippen LogP contribution in [0.5, 0.6) is 5.75 Å². The van der Waals surface area contributed by atoms with E-state index in [0.717, 1.165) is 23.5 Å². The van der Waals surface area contributed by atoms with Crippen LogP contribution in [-0.2, 0) is 11.3 Å². The lowest BCUT2D eigenvalue weighted by Crippen LogP contribution is -2.40. The van der Waals surface area contributed by atoms with E-state index in [1.54, 1.807) is 11.8 Å². The summed E-state index contributed by atoms with van der Waals surface area (Å²) in [7, 11) is 0. The molecule has 0 bridgehead atoms. The first-order chi connectivity index (χ1) is 10.5. The summed E-state index contributed by atoms with van der Waals surface area (Å²) >= 11 is 1.70. The number of carbonyl (C=O) groups is 1. The zero-order chi connectivity index (χ0) is 16.4. The number of nitrogens with two attached hydrogens (primary N) is 1. The fraction of sp³-hybridized carbons (Fsp3) is 0.588. The molecule has 0 saturated carbocycles. The maximum absolute atomic E-state index is 12.0. The first kappa shape index (κ1) is 18.8. The Morgan fingerprint density at radius 1 is 1.32 bits per heavy atom. The van der Waals surface area contributed by atoms with Gasteiger partial charge in [-0.05, 0) is 36.8 Å². The first-order valence-corrected chi connectivity index (χ1v) is 9.17. The third kappa shape index (κ3) is 7.18. The SMILES string of the molecule is CSCC[C@H](N)C(=O)NCc1ccccc1OCCC(C)C. The van der Waals surface area contributed by atoms with Gasteiger partial charge in [-0.15, -0.1) is 0 Å². The molecule has 3 N–H and O–H groups in total. The third-order valence-electron chi connectivity index (χ3n) is 3.35. The predicted molar refractivity (Wildman–Crippen MR) is 94.2 cm³/mol. The molecular weight excluding hydrogens is 296 g/mol. The van der Waals surface area contributed by atoms with Crippen LogP contribution in [0, 0.1) is 5.92 Å². The van der Waals surface area contributed by atoms with Crippen molar-refractivity contribution < 1.29 is 9.53 Å². The van der Waals surface area contributed by atoms with Gasteiger partial charge in [0.15, 0.2) is 0 Å². The number of para-hydroxylation sites is 1. The van der Waals surface area contributed by atoms with Crippen molar-refractivity contribution in [3.63, 3.8) is 0 Å². The topological polar surface area (TPSA) is 64.4 Å². The van der Waals surface area contributed by atoms with Gasteiger partial charge in [0.1, 0.15) is 5.75 Å². The van der Waals surface area contributed by atoms with Gasteiger partial charge in [0.05, 0.1) is 12.6 Å². The maximum atomic E-state index is 12.0. The molecule has 0 fully saturated rings. The van der Waals surface area contributed by atoms with Gasteiger partial charge in [-0.2, -0.15) is 11.8 Å². The molecule has 1 amide bonds. The van der Waals surface area contributed by atoms with Crippen LogP contribution in [0.3, 0.4) is 0 Å². The van der Waals surface area contributed by atoms with Crippen LogP contribution in [-0.4, -0.2) is 30.6 Å². The molecule has 1 aromatic carbocycles. The van der Waals surface area contributed by atoms with E-state index in [1.807, 2.05) is 30.5 Å². The van der Waals surface area contributed by atoms with Crippen LogP contribution in [0.2, 0.25) is 0 Å². The van der Waals surface area contributed by atoms with Gasteiger partial charge in [-0.25, -0.2) is 0 Å². The monoisotopic (exact) mass is 324 g/mol. The molecule has 0 aliphatic rings. The Morgan fingerprint density at radius 2 is 2.05 bits per heavy atom. The molecule has 4 nitrogen and oxygen atoms in total. The van der Waals surface area contributed by atoms with Crippen molar-refractivity contribution in [2.24, 2.45) is 11.7 Å². The second-order valence-corrected chi connectivity index (χ2v) is 6.73. The molecule has 124 valence electrons. The van der Waals surface area contributed by atoms with Crippen LogP contribution in [0.25, 0.3) is 0 Å². The highest BCUT2D eigenvalue weighted by atomic mass is 32.2. The van der Waals surface area contributed by atoms with Gasteiger partial charge < -0.3 is 15.8 Å². The second kappa shape index (κ2) is 10.5. The van der Waals surface area contributed by atoms with Crippen LogP contribution in [0.4, 0.5) is 0 Å². The minimum Gasteiger partial charge on any atom is -0.493 e. The molecule has 0 radical (unpaired) electrons. The second-order valence-electron chi connectivity index (χ2n) is 5.74. The average molecular weight is 324 g/mol. The molecule has 0 spiro atoms. The van der Waals surface area contributed by atoms with Gasteiger partial charge in [0, 0.05) is 12.1 Å². The van der Waals surface area contributed by atoms with E-state index in [0.29, 0.717) is 25.5 Å². The number of amides is 1. The highest BCUT2D eigenvalue weighted by Gasteiger charge is 2.13. The Balaban J connectivity index is 2.49. The van der Waals surface area contributed by atoms with Gasteiger partial charge in [-0.1, -0.05) is 32.0 Å². The summed E-state index contributed by atoms with van der Waals surface area (Å²) in [4.78, 5) is 12.0. The Labute approximate surface area is 138 Å². The highest BCUT2D eigenvalue weighted by molar-refractivity contribution is 7.98. The normalized spacial score (nSPS) is 12.2. The Bertz CT molecular complexity index is 452. The summed E-state index contributed by atoms with van der Waals surface area (Å²) < 4.78 is 5.82. The molecule has 0 aromatic heterocycles. The van der Waals surface area contributed by atoms with Crippen molar-refractivity contribution in [3.8, 4) is 5.75 Å². The molecule has 0 aliphatic carbocycles. The summed E-state index contributed by atoms with van der Waals surface area (Å²) in [6.07, 6.45) is 3.72. The lowest BCUT2D eigenvalue weighted by Gasteiger charge is -2.15. The van der Waals surface area contributed by atoms with E-state index in [2.05, 4.69) is 19.2 Å². The van der Waals surface area contributed by atoms with Crippen LogP contribution < -0.4 is 15.8 Å². The zero-order valence-electron chi connectivity index (χ0n) is 13.8. The molecule has 0 saturated heterocycles. The predicted octanol–water partition coefficient (Wildman–Crippen LogP) is 2.81. The molecule has 0 aliphatic heterocycles. The molecule has 0 heterocycles. The van der Waals surface area contributed by atoms with E-state index in [-0.39, 0.29) is 5.91 Å². The van der Waals surface area contributed by atoms with Crippen molar-refractivity contribution in [1.29, 1.82) is 0 Å². The van der Waals surface area contributed by atoms with E-state index in [1.165, 1.54) is 0 Å². The summed E-state index contributed by atoms with van der Waals surface area (Å²) in [5.41, 5.74) is 6.85. The molecule has 1 atom stereocenters. The van der Waals surface area contributed by atoms with Crippen molar-refractivity contribution in [2.45, 2.75) is 39.3 Å². The number of nitrogens with one attached hydrogen (secondary N) is 1. The number of rotatable bonds is 10. The summed E-state index contributed by atoms with van der Waals surface area (Å²) in [5, 5.41) is 2.89. The number of benzene rings is 1. The largest absolute Gasteiger partial charge is 0.493 e. The van der Waals surface area contributed by atoms with Crippen LogP contribution in [0.1, 0.15) is 32.3 Å². The average Bonchev–Trinajstić information content (AvgIpc) is 2.50. The highest BCUT2D eigenvalue weighted by Crippen LogP contribution is 2.18. The first-order valence-electron chi connectivity index (χ1n) is 7.77. The fourth-order valence-electron chi connectivity index (χ4n) is 1.88. The number of ether oxygens (including phenoxy) is 1. The van der Waals surface area contributed by atoms with E-state index < -0.39 is 6.04 Å². The minimum atomic E-state index is -0.443. The van der Waals surface area contributed by atoms with Crippen molar-refractivity contribution in [3.05, 3.63) is 29.8 Å². The number of thioether (sulfide) groups is 1. The lowest BCUT2D eigenvalue weighted by atomic mass is 10.1. The lowest BCUT2D eigenvalue weighted by molar-refractivity contribution is -0.122. The van der Waals surface area contributed by atoms with Gasteiger partial charge in [0.25, 0.3) is 0 Å². The molecule has 5 heteroatoms. The summed E-state index contributed by atoms with van der Waals surface area (Å²) in [5.74, 6) is 2.23. The van der Waals surface area contributed by atoms with Crippen molar-refractivity contribution in [1.82, 2.24) is 5.32 Å². The molecule has 22 heavy (non-hydrogen) atoms. The third-order valence-corrected chi connectivity index (χ3v) is 3.99. The fourth-order valence-corrected chi connectivity index (χ4v) is 2.37. The minimum absolute atomic E-state index is 0.106. The van der Waals surface area contributed by atoms with E-state index in [9.17, 15) is 4.79 Å². The Hall–Kier alpha value is -1.20. The van der Waals surface area contributed by atoms with Gasteiger partial charge in [0.2, 0.25) is 5.91 Å². The molecule has 1 aromatic rings. The number of carbonyl (C=O) groups excluding carboxylic acids is 1. The molecular formula is C17H28N2O2S. The Morgan fingerprint density at radius 3 is 2.73 bits per heavy atom. The van der Waals surface area contributed by atoms with E-state index >= 15 is 0 Å². The summed E-state index contributed by atoms with van der Waals surface area (Å²) in [6.45, 7) is 5.48. The smallest absolute Gasteiger partial charge is 0.237 e. The number of hydrogen-bond acceptors (Lipinski definition) is 4. The number of hydrogen-bond donors (Lipinski definition) is 2. The Kier molecular flexibility index (Phi) is 9.01. The van der Waals surface area contributed by atoms with Crippen LogP contribution >= 0.6 is 11.8 Å². The maximum Gasteiger partial charge on any atom is 0.237 e. The quantitative estimate of drug-likeness (QED) is 0.694. The van der Waals surface area contributed by atoms with Gasteiger partial charge >= 0.3 is 0 Å². The van der Waals surface area contributed by atoms with Crippen LogP contribution in [0.15, 0.2) is 24.3 Å². The van der Waals surface area contributed by atoms with Crippen molar-refractivity contribution in [2.75, 3.05) is 18.6 Å². The van der Waals surface area contributed by atoms with Crippen molar-refractivity contribution >= 4 is 17.7 Å². The van der Waals surface area contributed by atoms with E-state index in [4.69, 9.17) is 10.5 Å². The molecule has 0 unspecified atom stereocenters. The standard InChI is InChI=1S/C17H28N2O2S/c1-13(2)8-10-21-16-7-5-4-6-14(16)12-19-17(20)15(18)9-11-22-3/h4-7,13,15H,8-12,18H2,1-3H3,(H,19,20)/t15-/m0/s1. The summed E-state index contributed by atoms with van der Waals surface area (Å²) in [6, 6.07) is 7.36. The molecule has 1 rings (SSSR count). The zero-order valence-corrected chi connectivity index (χ0v) is 14.6.